The highest BCUT2D eigenvalue weighted by Crippen LogP contribution is 2.07. The van der Waals surface area contributed by atoms with Crippen LogP contribution in [0.4, 0.5) is 0 Å². The van der Waals surface area contributed by atoms with E-state index in [0.29, 0.717) is 6.04 Å². The van der Waals surface area contributed by atoms with Gasteiger partial charge in [-0.25, -0.2) is 0 Å². The Balaban J connectivity index is 2.10. The molecule has 0 spiro atoms. The third-order valence-electron chi connectivity index (χ3n) is 2.09. The Morgan fingerprint density at radius 1 is 1.60 bits per heavy atom. The molecule has 2 rings (SSSR count). The zero-order valence-electron chi connectivity index (χ0n) is 5.76. The van der Waals surface area contributed by atoms with Gasteiger partial charge in [0.1, 0.15) is 0 Å². The number of nitrogens with zero attached hydrogens (tertiary/aromatic N) is 1. The summed E-state index contributed by atoms with van der Waals surface area (Å²) in [5, 5.41) is 6.50. The fourth-order valence-corrected chi connectivity index (χ4v) is 1.85. The predicted octanol–water partition coefficient (Wildman–Crippen LogP) is -0.852. The minimum absolute atomic E-state index is 0.476. The lowest BCUT2D eigenvalue weighted by Crippen LogP contribution is -2.52. The van der Waals surface area contributed by atoms with Crippen LogP contribution in [0.2, 0.25) is 0 Å². The number of thiocarbonyl (C=S) groups is 1. The molecule has 2 aliphatic rings. The molecule has 0 radical (unpaired) electrons. The summed E-state index contributed by atoms with van der Waals surface area (Å²) in [7, 11) is 0. The van der Waals surface area contributed by atoms with Gasteiger partial charge in [-0.1, -0.05) is 12.2 Å². The van der Waals surface area contributed by atoms with E-state index in [0.717, 1.165) is 31.3 Å². The summed E-state index contributed by atoms with van der Waals surface area (Å²) in [6.07, 6.45) is 0. The van der Waals surface area contributed by atoms with Crippen molar-refractivity contribution in [3.63, 3.8) is 0 Å². The minimum atomic E-state index is 0.476. The fourth-order valence-electron chi connectivity index (χ4n) is 1.52. The van der Waals surface area contributed by atoms with Crippen LogP contribution in [0.25, 0.3) is 0 Å². The van der Waals surface area contributed by atoms with Crippen LogP contribution < -0.4 is 10.6 Å². The van der Waals surface area contributed by atoms with Crippen molar-refractivity contribution in [2.24, 2.45) is 0 Å². The van der Waals surface area contributed by atoms with Crippen molar-refractivity contribution in [2.45, 2.75) is 6.04 Å². The first-order chi connectivity index (χ1) is 4.88. The normalized spacial score (nSPS) is 33.6. The van der Waals surface area contributed by atoms with Crippen LogP contribution in [0.3, 0.4) is 0 Å². The van der Waals surface area contributed by atoms with Crippen LogP contribution in [0.5, 0.6) is 0 Å². The zero-order valence-corrected chi connectivity index (χ0v) is 6.58. The van der Waals surface area contributed by atoms with Crippen LogP contribution in [0, 0.1) is 0 Å². The maximum Gasteiger partial charge on any atom is 0.0942 e. The number of nitrogens with one attached hydrogen (secondary N) is 2. The second-order valence-electron chi connectivity index (χ2n) is 2.73. The van der Waals surface area contributed by atoms with Crippen molar-refractivity contribution in [3.8, 4) is 0 Å². The summed E-state index contributed by atoms with van der Waals surface area (Å²) in [5.41, 5.74) is 0. The second kappa shape index (κ2) is 2.45. The number of piperazine rings is 1. The van der Waals surface area contributed by atoms with Gasteiger partial charge in [0.15, 0.2) is 0 Å². The van der Waals surface area contributed by atoms with E-state index in [1.54, 1.807) is 0 Å². The number of rotatable bonds is 0. The molecule has 0 amide bonds. The molecule has 0 aromatic heterocycles. The molecule has 0 bridgehead atoms. The van der Waals surface area contributed by atoms with Crippen molar-refractivity contribution in [1.82, 2.24) is 15.5 Å². The molecule has 4 heteroatoms. The van der Waals surface area contributed by atoms with Gasteiger partial charge in [0.2, 0.25) is 0 Å². The van der Waals surface area contributed by atoms with E-state index in [1.165, 1.54) is 0 Å². The molecule has 0 aliphatic carbocycles. The molecule has 2 heterocycles. The SMILES string of the molecule is S=C1NCCN2CNCC12. The number of hydrogen-bond donors (Lipinski definition) is 2. The molecular formula is C6H11N3S. The van der Waals surface area contributed by atoms with Crippen molar-refractivity contribution in [3.05, 3.63) is 0 Å². The summed E-state index contributed by atoms with van der Waals surface area (Å²) in [6, 6.07) is 0.476. The molecule has 1 atom stereocenters. The lowest BCUT2D eigenvalue weighted by Gasteiger charge is -2.29. The Kier molecular flexibility index (Phi) is 1.60. The Labute approximate surface area is 65.8 Å². The van der Waals surface area contributed by atoms with Gasteiger partial charge in [0, 0.05) is 26.3 Å². The van der Waals surface area contributed by atoms with Crippen LogP contribution in [0.15, 0.2) is 0 Å². The standard InChI is InChI=1S/C6H11N3S/c10-6-5-3-7-4-9(5)2-1-8-6/h5,7H,1-4H2,(H,8,10). The Morgan fingerprint density at radius 2 is 2.50 bits per heavy atom. The number of fused-ring (bicyclic) bond motifs is 1. The molecule has 1 unspecified atom stereocenters. The van der Waals surface area contributed by atoms with Crippen molar-refractivity contribution >= 4 is 17.2 Å². The van der Waals surface area contributed by atoms with E-state index >= 15 is 0 Å². The molecule has 0 saturated carbocycles. The summed E-state index contributed by atoms with van der Waals surface area (Å²) in [5.74, 6) is 0. The van der Waals surface area contributed by atoms with E-state index in [9.17, 15) is 0 Å². The molecule has 2 aliphatic heterocycles. The first-order valence-corrected chi connectivity index (χ1v) is 4.01. The summed E-state index contributed by atoms with van der Waals surface area (Å²) < 4.78 is 0. The van der Waals surface area contributed by atoms with Crippen LogP contribution >= 0.6 is 12.2 Å². The van der Waals surface area contributed by atoms with Crippen LogP contribution in [-0.4, -0.2) is 42.2 Å². The van der Waals surface area contributed by atoms with Crippen molar-refractivity contribution in [1.29, 1.82) is 0 Å². The lowest BCUT2D eigenvalue weighted by atomic mass is 10.2. The van der Waals surface area contributed by atoms with Gasteiger partial charge in [0.25, 0.3) is 0 Å². The highest BCUT2D eigenvalue weighted by atomic mass is 32.1. The summed E-state index contributed by atoms with van der Waals surface area (Å²) in [6.45, 7) is 4.16. The van der Waals surface area contributed by atoms with Crippen molar-refractivity contribution < 1.29 is 0 Å². The molecule has 0 aromatic carbocycles. The third kappa shape index (κ3) is 0.923. The molecule has 3 nitrogen and oxygen atoms in total. The average molecular weight is 157 g/mol. The van der Waals surface area contributed by atoms with Gasteiger partial charge in [0.05, 0.1) is 11.0 Å². The van der Waals surface area contributed by atoms with Crippen LogP contribution in [-0.2, 0) is 0 Å². The average Bonchev–Trinajstić information content (AvgIpc) is 2.36. The van der Waals surface area contributed by atoms with Gasteiger partial charge >= 0.3 is 0 Å². The monoisotopic (exact) mass is 157 g/mol. The largest absolute Gasteiger partial charge is 0.377 e. The molecule has 2 saturated heterocycles. The smallest absolute Gasteiger partial charge is 0.0942 e. The summed E-state index contributed by atoms with van der Waals surface area (Å²) >= 11 is 5.15. The van der Waals surface area contributed by atoms with Crippen LogP contribution in [0.1, 0.15) is 0 Å². The highest BCUT2D eigenvalue weighted by Gasteiger charge is 2.29. The topological polar surface area (TPSA) is 27.3 Å². The molecule has 2 N–H and O–H groups in total. The molecule has 56 valence electrons. The van der Waals surface area contributed by atoms with Gasteiger partial charge in [-0.05, 0) is 0 Å². The van der Waals surface area contributed by atoms with Gasteiger partial charge < -0.3 is 10.6 Å². The van der Waals surface area contributed by atoms with E-state index in [4.69, 9.17) is 12.2 Å². The molecule has 2 fully saturated rings. The van der Waals surface area contributed by atoms with E-state index in [2.05, 4.69) is 15.5 Å². The fraction of sp³-hybridized carbons (Fsp3) is 0.833. The Morgan fingerprint density at radius 3 is 3.30 bits per heavy atom. The second-order valence-corrected chi connectivity index (χ2v) is 3.17. The van der Waals surface area contributed by atoms with Gasteiger partial charge in [-0.2, -0.15) is 0 Å². The lowest BCUT2D eigenvalue weighted by molar-refractivity contribution is 0.287. The van der Waals surface area contributed by atoms with E-state index in [-0.39, 0.29) is 0 Å². The molecule has 0 aromatic rings. The van der Waals surface area contributed by atoms with Gasteiger partial charge in [-0.15, -0.1) is 0 Å². The highest BCUT2D eigenvalue weighted by molar-refractivity contribution is 7.80. The minimum Gasteiger partial charge on any atom is -0.377 e. The van der Waals surface area contributed by atoms with Gasteiger partial charge in [-0.3, -0.25) is 4.90 Å². The zero-order chi connectivity index (χ0) is 6.97. The first-order valence-electron chi connectivity index (χ1n) is 3.60. The Bertz CT molecular complexity index is 159. The summed E-state index contributed by atoms with van der Waals surface area (Å²) in [4.78, 5) is 3.38. The van der Waals surface area contributed by atoms with E-state index in [1.807, 2.05) is 0 Å². The van der Waals surface area contributed by atoms with E-state index < -0.39 is 0 Å². The third-order valence-corrected chi connectivity index (χ3v) is 2.51. The maximum atomic E-state index is 5.15. The molecule has 10 heavy (non-hydrogen) atoms. The Hall–Kier alpha value is -0.190. The predicted molar refractivity (Wildman–Crippen MR) is 44.0 cm³/mol. The number of hydrogen-bond acceptors (Lipinski definition) is 3. The maximum absolute atomic E-state index is 5.15. The first kappa shape index (κ1) is 6.52. The quantitative estimate of drug-likeness (QED) is 0.448. The molecular weight excluding hydrogens is 146 g/mol. The van der Waals surface area contributed by atoms with Crippen molar-refractivity contribution in [2.75, 3.05) is 26.3 Å².